The highest BCUT2D eigenvalue weighted by atomic mass is 16.5. The van der Waals surface area contributed by atoms with Gasteiger partial charge in [0.25, 0.3) is 5.91 Å². The Labute approximate surface area is 140 Å². The van der Waals surface area contributed by atoms with Gasteiger partial charge in [-0.15, -0.1) is 0 Å². The molecule has 0 bridgehead atoms. The number of hydrogen-bond acceptors (Lipinski definition) is 4. The molecule has 0 aliphatic heterocycles. The van der Waals surface area contributed by atoms with Crippen LogP contribution in [0.5, 0.6) is 0 Å². The number of nitriles is 1. The van der Waals surface area contributed by atoms with Gasteiger partial charge >= 0.3 is 5.97 Å². The lowest BCUT2D eigenvalue weighted by molar-refractivity contribution is -0.143. The minimum Gasteiger partial charge on any atom is -0.467 e. The second-order valence-corrected chi connectivity index (χ2v) is 5.26. The summed E-state index contributed by atoms with van der Waals surface area (Å²) >= 11 is 0. The first-order valence-electron chi connectivity index (χ1n) is 7.57. The average Bonchev–Trinajstić information content (AvgIpc) is 2.65. The number of carbonyl (C=O) groups excluding carboxylic acids is 2. The van der Waals surface area contributed by atoms with Crippen molar-refractivity contribution in [3.8, 4) is 6.07 Å². The number of ether oxygens (including phenoxy) is 1. The number of esters is 1. The number of rotatable bonds is 6. The number of nitrogens with zero attached hydrogens (tertiary/aromatic N) is 1. The smallest absolute Gasteiger partial charge is 0.328 e. The molecule has 0 unspecified atom stereocenters. The summed E-state index contributed by atoms with van der Waals surface area (Å²) in [7, 11) is 1.30. The minimum atomic E-state index is -0.724. The third kappa shape index (κ3) is 4.68. The molecular weight excluding hydrogens is 304 g/mol. The Hall–Kier alpha value is -3.13. The van der Waals surface area contributed by atoms with E-state index >= 15 is 0 Å². The van der Waals surface area contributed by atoms with Crippen LogP contribution in [-0.2, 0) is 16.0 Å². The molecule has 1 atom stereocenters. The SMILES string of the molecule is COC(=O)[C@@H](CCc1ccccc1)NC(=O)c1ccc(C#N)cc1. The number of benzene rings is 2. The molecule has 1 N–H and O–H groups in total. The molecule has 0 radical (unpaired) electrons. The van der Waals surface area contributed by atoms with Crippen LogP contribution in [0.15, 0.2) is 54.6 Å². The van der Waals surface area contributed by atoms with Gasteiger partial charge in [-0.1, -0.05) is 30.3 Å². The number of aryl methyl sites for hydroxylation is 1. The molecule has 1 amide bonds. The van der Waals surface area contributed by atoms with Crippen molar-refractivity contribution in [3.05, 3.63) is 71.3 Å². The summed E-state index contributed by atoms with van der Waals surface area (Å²) < 4.78 is 4.78. The number of methoxy groups -OCH3 is 1. The van der Waals surface area contributed by atoms with Crippen molar-refractivity contribution in [1.82, 2.24) is 5.32 Å². The quantitative estimate of drug-likeness (QED) is 0.829. The average molecular weight is 322 g/mol. The van der Waals surface area contributed by atoms with Gasteiger partial charge in [-0.3, -0.25) is 4.79 Å². The van der Waals surface area contributed by atoms with Crippen molar-refractivity contribution in [3.63, 3.8) is 0 Å². The second kappa shape index (κ2) is 8.49. The fraction of sp³-hybridized carbons (Fsp3) is 0.211. The number of hydrogen-bond donors (Lipinski definition) is 1. The first-order chi connectivity index (χ1) is 11.6. The summed E-state index contributed by atoms with van der Waals surface area (Å²) in [6, 6.07) is 17.2. The van der Waals surface area contributed by atoms with Crippen LogP contribution in [0.4, 0.5) is 0 Å². The number of carbonyl (C=O) groups is 2. The van der Waals surface area contributed by atoms with E-state index in [0.717, 1.165) is 5.56 Å². The molecule has 5 heteroatoms. The van der Waals surface area contributed by atoms with Crippen LogP contribution >= 0.6 is 0 Å². The van der Waals surface area contributed by atoms with Crippen molar-refractivity contribution in [2.24, 2.45) is 0 Å². The normalized spacial score (nSPS) is 11.2. The number of nitrogens with one attached hydrogen (secondary N) is 1. The highest BCUT2D eigenvalue weighted by molar-refractivity contribution is 5.96. The van der Waals surface area contributed by atoms with E-state index in [1.807, 2.05) is 36.4 Å². The Bertz CT molecular complexity index is 733. The Balaban J connectivity index is 2.03. The molecule has 0 spiro atoms. The molecule has 122 valence electrons. The van der Waals surface area contributed by atoms with Crippen molar-refractivity contribution < 1.29 is 14.3 Å². The van der Waals surface area contributed by atoms with Crippen LogP contribution in [0.25, 0.3) is 0 Å². The Morgan fingerprint density at radius 1 is 1.12 bits per heavy atom. The van der Waals surface area contributed by atoms with Crippen LogP contribution in [0.1, 0.15) is 27.9 Å². The zero-order valence-corrected chi connectivity index (χ0v) is 13.4. The first kappa shape index (κ1) is 17.2. The van der Waals surface area contributed by atoms with E-state index in [0.29, 0.717) is 24.0 Å². The summed E-state index contributed by atoms with van der Waals surface area (Å²) in [6.45, 7) is 0. The third-order valence-electron chi connectivity index (χ3n) is 3.63. The van der Waals surface area contributed by atoms with E-state index in [-0.39, 0.29) is 5.91 Å². The zero-order chi connectivity index (χ0) is 17.4. The van der Waals surface area contributed by atoms with Gasteiger partial charge in [0.2, 0.25) is 0 Å². The lowest BCUT2D eigenvalue weighted by Crippen LogP contribution is -2.41. The molecule has 0 aliphatic rings. The maximum absolute atomic E-state index is 12.3. The summed E-state index contributed by atoms with van der Waals surface area (Å²) in [5, 5.41) is 11.5. The van der Waals surface area contributed by atoms with E-state index in [1.54, 1.807) is 24.3 Å². The Kier molecular flexibility index (Phi) is 6.09. The fourth-order valence-electron chi connectivity index (χ4n) is 2.28. The van der Waals surface area contributed by atoms with Crippen LogP contribution in [0, 0.1) is 11.3 Å². The minimum absolute atomic E-state index is 0.372. The topological polar surface area (TPSA) is 79.2 Å². The van der Waals surface area contributed by atoms with Gasteiger partial charge in [0, 0.05) is 5.56 Å². The predicted octanol–water partition coefficient (Wildman–Crippen LogP) is 2.46. The van der Waals surface area contributed by atoms with Crippen LogP contribution in [0.2, 0.25) is 0 Å². The van der Waals surface area contributed by atoms with E-state index in [1.165, 1.54) is 7.11 Å². The predicted molar refractivity (Wildman–Crippen MR) is 89.2 cm³/mol. The molecule has 2 rings (SSSR count). The highest BCUT2D eigenvalue weighted by Crippen LogP contribution is 2.08. The number of amides is 1. The lowest BCUT2D eigenvalue weighted by Gasteiger charge is -2.16. The third-order valence-corrected chi connectivity index (χ3v) is 3.63. The van der Waals surface area contributed by atoms with Crippen LogP contribution in [0.3, 0.4) is 0 Å². The van der Waals surface area contributed by atoms with Crippen molar-refractivity contribution in [2.75, 3.05) is 7.11 Å². The summed E-state index contributed by atoms with van der Waals surface area (Å²) in [5.74, 6) is -0.851. The Morgan fingerprint density at radius 3 is 2.38 bits per heavy atom. The van der Waals surface area contributed by atoms with E-state index < -0.39 is 12.0 Å². The van der Waals surface area contributed by atoms with E-state index in [9.17, 15) is 9.59 Å². The molecular formula is C19H18N2O3. The van der Waals surface area contributed by atoms with Gasteiger partial charge < -0.3 is 10.1 Å². The Morgan fingerprint density at radius 2 is 1.79 bits per heavy atom. The van der Waals surface area contributed by atoms with Crippen molar-refractivity contribution in [1.29, 1.82) is 5.26 Å². The van der Waals surface area contributed by atoms with Gasteiger partial charge in [-0.25, -0.2) is 4.79 Å². The fourth-order valence-corrected chi connectivity index (χ4v) is 2.28. The summed E-state index contributed by atoms with van der Waals surface area (Å²) in [6.07, 6.45) is 1.09. The largest absolute Gasteiger partial charge is 0.467 e. The molecule has 0 heterocycles. The van der Waals surface area contributed by atoms with Gasteiger partial charge in [-0.2, -0.15) is 5.26 Å². The summed E-state index contributed by atoms with van der Waals surface area (Å²) in [5.41, 5.74) is 1.95. The molecule has 0 aliphatic carbocycles. The van der Waals surface area contributed by atoms with Crippen LogP contribution in [-0.4, -0.2) is 25.0 Å². The molecule has 0 saturated carbocycles. The molecule has 2 aromatic carbocycles. The van der Waals surface area contributed by atoms with Crippen molar-refractivity contribution >= 4 is 11.9 Å². The van der Waals surface area contributed by atoms with Gasteiger partial charge in [0.1, 0.15) is 6.04 Å². The van der Waals surface area contributed by atoms with E-state index in [2.05, 4.69) is 5.32 Å². The molecule has 0 saturated heterocycles. The molecule has 0 aromatic heterocycles. The van der Waals surface area contributed by atoms with Crippen molar-refractivity contribution in [2.45, 2.75) is 18.9 Å². The lowest BCUT2D eigenvalue weighted by atomic mass is 10.0. The maximum atomic E-state index is 12.3. The zero-order valence-electron chi connectivity index (χ0n) is 13.4. The van der Waals surface area contributed by atoms with Gasteiger partial charge in [0.15, 0.2) is 0 Å². The monoisotopic (exact) mass is 322 g/mol. The van der Waals surface area contributed by atoms with Gasteiger partial charge in [-0.05, 0) is 42.7 Å². The molecule has 5 nitrogen and oxygen atoms in total. The standard InChI is InChI=1S/C19H18N2O3/c1-24-19(23)17(12-9-14-5-3-2-4-6-14)21-18(22)16-10-7-15(13-20)8-11-16/h2-8,10-11,17H,9,12H2,1H3,(H,21,22)/t17-/m1/s1. The second-order valence-electron chi connectivity index (χ2n) is 5.26. The molecule has 2 aromatic rings. The molecule has 24 heavy (non-hydrogen) atoms. The first-order valence-corrected chi connectivity index (χ1v) is 7.57. The maximum Gasteiger partial charge on any atom is 0.328 e. The van der Waals surface area contributed by atoms with Crippen LogP contribution < -0.4 is 5.32 Å². The van der Waals surface area contributed by atoms with Gasteiger partial charge in [0.05, 0.1) is 18.7 Å². The highest BCUT2D eigenvalue weighted by Gasteiger charge is 2.22. The summed E-state index contributed by atoms with van der Waals surface area (Å²) in [4.78, 5) is 24.2. The molecule has 0 fully saturated rings. The van der Waals surface area contributed by atoms with E-state index in [4.69, 9.17) is 10.00 Å².